The average Bonchev–Trinajstić information content (AvgIpc) is 2.51. The van der Waals surface area contributed by atoms with Gasteiger partial charge < -0.3 is 21.1 Å². The lowest BCUT2D eigenvalue weighted by molar-refractivity contribution is -0.141. The molecule has 1 aromatic rings. The van der Waals surface area contributed by atoms with Crippen LogP contribution in [0.3, 0.4) is 0 Å². The summed E-state index contributed by atoms with van der Waals surface area (Å²) in [7, 11) is 0. The SMILES string of the molecule is C[C@H](NC(=O)CNC(=O)N1CC(=O)Nc2ccccc21)C(=O)O. The Morgan fingerprint density at radius 2 is 2.04 bits per heavy atom. The number of carboxylic acids is 1. The molecule has 0 saturated carbocycles. The van der Waals surface area contributed by atoms with Crippen molar-refractivity contribution in [3.8, 4) is 0 Å². The first-order valence-corrected chi connectivity index (χ1v) is 6.85. The van der Waals surface area contributed by atoms with Crippen molar-refractivity contribution in [3.05, 3.63) is 24.3 Å². The maximum absolute atomic E-state index is 12.2. The van der Waals surface area contributed by atoms with Crippen molar-refractivity contribution in [3.63, 3.8) is 0 Å². The minimum Gasteiger partial charge on any atom is -0.480 e. The van der Waals surface area contributed by atoms with Crippen molar-refractivity contribution in [1.82, 2.24) is 10.6 Å². The standard InChI is InChI=1S/C14H16N4O5/c1-8(13(21)22)16-11(19)6-15-14(23)18-7-12(20)17-9-4-2-3-5-10(9)18/h2-5,8H,6-7H2,1H3,(H,15,23)(H,16,19)(H,17,20)(H,21,22)/t8-/m0/s1. The van der Waals surface area contributed by atoms with Crippen LogP contribution in [-0.2, 0) is 14.4 Å². The van der Waals surface area contributed by atoms with E-state index in [9.17, 15) is 19.2 Å². The zero-order valence-corrected chi connectivity index (χ0v) is 12.3. The maximum Gasteiger partial charge on any atom is 0.325 e. The molecule has 1 atom stereocenters. The summed E-state index contributed by atoms with van der Waals surface area (Å²) in [6.07, 6.45) is 0. The van der Waals surface area contributed by atoms with Crippen molar-refractivity contribution >= 4 is 35.2 Å². The number of urea groups is 1. The first-order valence-electron chi connectivity index (χ1n) is 6.85. The summed E-state index contributed by atoms with van der Waals surface area (Å²) in [5.41, 5.74) is 1.02. The first-order chi connectivity index (χ1) is 10.9. The smallest absolute Gasteiger partial charge is 0.325 e. The molecular weight excluding hydrogens is 304 g/mol. The second kappa shape index (κ2) is 6.77. The van der Waals surface area contributed by atoms with Crippen LogP contribution in [0.5, 0.6) is 0 Å². The molecule has 122 valence electrons. The van der Waals surface area contributed by atoms with E-state index in [1.165, 1.54) is 11.8 Å². The molecule has 4 amide bonds. The third-order valence-corrected chi connectivity index (χ3v) is 3.16. The Morgan fingerprint density at radius 1 is 1.35 bits per heavy atom. The van der Waals surface area contributed by atoms with Crippen LogP contribution in [-0.4, -0.2) is 48.1 Å². The lowest BCUT2D eigenvalue weighted by Gasteiger charge is -2.29. The van der Waals surface area contributed by atoms with E-state index < -0.39 is 30.5 Å². The molecule has 0 radical (unpaired) electrons. The molecule has 0 aliphatic carbocycles. The number of benzene rings is 1. The Labute approximate surface area is 131 Å². The van der Waals surface area contributed by atoms with Gasteiger partial charge >= 0.3 is 12.0 Å². The topological polar surface area (TPSA) is 128 Å². The van der Waals surface area contributed by atoms with Crippen LogP contribution in [0.1, 0.15) is 6.92 Å². The number of para-hydroxylation sites is 2. The normalized spacial score (nSPS) is 14.3. The monoisotopic (exact) mass is 320 g/mol. The van der Waals surface area contributed by atoms with E-state index in [1.54, 1.807) is 24.3 Å². The van der Waals surface area contributed by atoms with Gasteiger partial charge in [-0.3, -0.25) is 19.3 Å². The van der Waals surface area contributed by atoms with Gasteiger partial charge in [-0.2, -0.15) is 0 Å². The average molecular weight is 320 g/mol. The van der Waals surface area contributed by atoms with Crippen molar-refractivity contribution in [1.29, 1.82) is 0 Å². The summed E-state index contributed by atoms with van der Waals surface area (Å²) in [6, 6.07) is 5.10. The fourth-order valence-electron chi connectivity index (χ4n) is 2.02. The van der Waals surface area contributed by atoms with Crippen LogP contribution < -0.4 is 20.9 Å². The minimum absolute atomic E-state index is 0.171. The van der Waals surface area contributed by atoms with Gasteiger partial charge in [0.05, 0.1) is 17.9 Å². The Hall–Kier alpha value is -3.10. The van der Waals surface area contributed by atoms with E-state index in [0.29, 0.717) is 11.4 Å². The van der Waals surface area contributed by atoms with Crippen molar-refractivity contribution in [2.75, 3.05) is 23.3 Å². The molecule has 1 aromatic carbocycles. The van der Waals surface area contributed by atoms with Crippen molar-refractivity contribution in [2.24, 2.45) is 0 Å². The van der Waals surface area contributed by atoms with Crippen LogP contribution in [0.25, 0.3) is 0 Å². The largest absolute Gasteiger partial charge is 0.480 e. The van der Waals surface area contributed by atoms with Gasteiger partial charge in [-0.25, -0.2) is 4.79 Å². The Kier molecular flexibility index (Phi) is 4.79. The summed E-state index contributed by atoms with van der Waals surface area (Å²) in [4.78, 5) is 47.2. The van der Waals surface area contributed by atoms with E-state index in [0.717, 1.165) is 0 Å². The summed E-state index contributed by atoms with van der Waals surface area (Å²) >= 11 is 0. The molecule has 9 nitrogen and oxygen atoms in total. The summed E-state index contributed by atoms with van der Waals surface area (Å²) in [6.45, 7) is 0.750. The van der Waals surface area contributed by atoms with Crippen LogP contribution in [0.4, 0.5) is 16.2 Å². The van der Waals surface area contributed by atoms with Crippen LogP contribution in [0.15, 0.2) is 24.3 Å². The predicted molar refractivity (Wildman–Crippen MR) is 81.1 cm³/mol. The number of carbonyl (C=O) groups is 4. The van der Waals surface area contributed by atoms with E-state index in [1.807, 2.05) is 0 Å². The second-order valence-electron chi connectivity index (χ2n) is 4.94. The summed E-state index contributed by atoms with van der Waals surface area (Å²) < 4.78 is 0. The molecule has 23 heavy (non-hydrogen) atoms. The Balaban J connectivity index is 1.97. The first kappa shape index (κ1) is 16.3. The number of carbonyl (C=O) groups excluding carboxylic acids is 3. The van der Waals surface area contributed by atoms with Gasteiger partial charge in [-0.15, -0.1) is 0 Å². The quantitative estimate of drug-likeness (QED) is 0.608. The molecule has 2 rings (SSSR count). The van der Waals surface area contributed by atoms with E-state index in [4.69, 9.17) is 5.11 Å². The Bertz CT molecular complexity index is 660. The number of anilines is 2. The molecule has 0 unspecified atom stereocenters. The molecule has 0 fully saturated rings. The summed E-state index contributed by atoms with van der Waals surface area (Å²) in [5, 5.41) is 15.9. The lowest BCUT2D eigenvalue weighted by atomic mass is 10.2. The number of nitrogens with zero attached hydrogens (tertiary/aromatic N) is 1. The van der Waals surface area contributed by atoms with Crippen LogP contribution >= 0.6 is 0 Å². The van der Waals surface area contributed by atoms with Crippen LogP contribution in [0.2, 0.25) is 0 Å². The summed E-state index contributed by atoms with van der Waals surface area (Å²) in [5.74, 6) is -2.16. The predicted octanol–water partition coefficient (Wildman–Crippen LogP) is -0.256. The maximum atomic E-state index is 12.2. The van der Waals surface area contributed by atoms with Gasteiger partial charge in [-0.1, -0.05) is 12.1 Å². The number of nitrogens with one attached hydrogen (secondary N) is 3. The molecule has 1 heterocycles. The van der Waals surface area contributed by atoms with Crippen molar-refractivity contribution in [2.45, 2.75) is 13.0 Å². The molecule has 9 heteroatoms. The van der Waals surface area contributed by atoms with E-state index >= 15 is 0 Å². The minimum atomic E-state index is -1.17. The molecule has 0 spiro atoms. The molecule has 1 aliphatic rings. The zero-order valence-electron chi connectivity index (χ0n) is 12.3. The molecule has 0 aromatic heterocycles. The van der Waals surface area contributed by atoms with Gasteiger partial charge in [0, 0.05) is 0 Å². The fourth-order valence-corrected chi connectivity index (χ4v) is 2.02. The number of hydrogen-bond acceptors (Lipinski definition) is 4. The number of aliphatic carboxylic acids is 1. The van der Waals surface area contributed by atoms with Gasteiger partial charge in [0.2, 0.25) is 11.8 Å². The molecule has 0 saturated heterocycles. The third-order valence-electron chi connectivity index (χ3n) is 3.16. The zero-order chi connectivity index (χ0) is 17.0. The highest BCUT2D eigenvalue weighted by Gasteiger charge is 2.26. The highest BCUT2D eigenvalue weighted by atomic mass is 16.4. The van der Waals surface area contributed by atoms with Gasteiger partial charge in [-0.05, 0) is 19.1 Å². The van der Waals surface area contributed by atoms with Gasteiger partial charge in [0.25, 0.3) is 0 Å². The Morgan fingerprint density at radius 3 is 2.74 bits per heavy atom. The van der Waals surface area contributed by atoms with Gasteiger partial charge in [0.15, 0.2) is 0 Å². The second-order valence-corrected chi connectivity index (χ2v) is 4.94. The molecule has 1 aliphatic heterocycles. The number of hydrogen-bond donors (Lipinski definition) is 4. The highest BCUT2D eigenvalue weighted by molar-refractivity contribution is 6.09. The number of carboxylic acid groups (broad SMARTS) is 1. The van der Waals surface area contributed by atoms with Crippen molar-refractivity contribution < 1.29 is 24.3 Å². The number of amides is 4. The third kappa shape index (κ3) is 3.96. The van der Waals surface area contributed by atoms with Gasteiger partial charge in [0.1, 0.15) is 12.6 Å². The molecular formula is C14H16N4O5. The highest BCUT2D eigenvalue weighted by Crippen LogP contribution is 2.28. The number of rotatable bonds is 4. The lowest BCUT2D eigenvalue weighted by Crippen LogP contribution is -2.50. The van der Waals surface area contributed by atoms with E-state index in [2.05, 4.69) is 16.0 Å². The van der Waals surface area contributed by atoms with Crippen LogP contribution in [0, 0.1) is 0 Å². The van der Waals surface area contributed by atoms with E-state index in [-0.39, 0.29) is 12.5 Å². The molecule has 4 N–H and O–H groups in total. The fraction of sp³-hybridized carbons (Fsp3) is 0.286. The molecule has 0 bridgehead atoms. The number of fused-ring (bicyclic) bond motifs is 1.